The molecule has 0 spiro atoms. The summed E-state index contributed by atoms with van der Waals surface area (Å²) in [6.45, 7) is 0. The van der Waals surface area contributed by atoms with Crippen LogP contribution in [0.3, 0.4) is 0 Å². The van der Waals surface area contributed by atoms with Gasteiger partial charge in [0.15, 0.2) is 17.1 Å². The molecule has 20 heavy (non-hydrogen) atoms. The molecule has 3 aromatic rings. The van der Waals surface area contributed by atoms with Crippen LogP contribution in [0.5, 0.6) is 11.5 Å². The highest BCUT2D eigenvalue weighted by Crippen LogP contribution is 2.38. The lowest BCUT2D eigenvalue weighted by molar-refractivity contribution is 0.355. The van der Waals surface area contributed by atoms with Crippen molar-refractivity contribution < 1.29 is 13.9 Å². The summed E-state index contributed by atoms with van der Waals surface area (Å²) in [6, 6.07) is 10.9. The van der Waals surface area contributed by atoms with Crippen LogP contribution in [-0.2, 0) is 0 Å². The summed E-state index contributed by atoms with van der Waals surface area (Å²) in [5.41, 5.74) is 2.12. The summed E-state index contributed by atoms with van der Waals surface area (Å²) in [6.07, 6.45) is 0. The molecule has 0 fully saturated rings. The van der Waals surface area contributed by atoms with Gasteiger partial charge in [-0.05, 0) is 30.3 Å². The SMILES string of the molecule is COc1cccc(-c2nc3cc(Cl)ccc3o2)c1OC. The van der Waals surface area contributed by atoms with Gasteiger partial charge in [-0.2, -0.15) is 0 Å². The second-order valence-corrected chi connectivity index (χ2v) is 4.61. The second-order valence-electron chi connectivity index (χ2n) is 4.17. The number of hydrogen-bond acceptors (Lipinski definition) is 4. The average Bonchev–Trinajstić information content (AvgIpc) is 2.88. The van der Waals surface area contributed by atoms with Crippen molar-refractivity contribution in [1.82, 2.24) is 4.98 Å². The van der Waals surface area contributed by atoms with Gasteiger partial charge in [-0.1, -0.05) is 17.7 Å². The maximum atomic E-state index is 5.95. The zero-order valence-corrected chi connectivity index (χ0v) is 11.8. The smallest absolute Gasteiger partial charge is 0.231 e. The van der Waals surface area contributed by atoms with Gasteiger partial charge in [0.05, 0.1) is 19.8 Å². The number of ether oxygens (including phenoxy) is 2. The molecule has 0 bridgehead atoms. The Labute approximate surface area is 120 Å². The molecule has 0 unspecified atom stereocenters. The van der Waals surface area contributed by atoms with Crippen LogP contribution in [0.1, 0.15) is 0 Å². The normalized spacial score (nSPS) is 10.8. The molecule has 3 rings (SSSR count). The quantitative estimate of drug-likeness (QED) is 0.726. The van der Waals surface area contributed by atoms with Gasteiger partial charge < -0.3 is 13.9 Å². The van der Waals surface area contributed by atoms with Crippen LogP contribution in [0.25, 0.3) is 22.6 Å². The lowest BCUT2D eigenvalue weighted by Gasteiger charge is -2.09. The van der Waals surface area contributed by atoms with Crippen molar-refractivity contribution >= 4 is 22.7 Å². The van der Waals surface area contributed by atoms with Crippen molar-refractivity contribution in [1.29, 1.82) is 0 Å². The van der Waals surface area contributed by atoms with Crippen molar-refractivity contribution in [3.05, 3.63) is 41.4 Å². The first kappa shape index (κ1) is 12.8. The zero-order valence-electron chi connectivity index (χ0n) is 11.0. The molecule has 0 aliphatic heterocycles. The highest BCUT2D eigenvalue weighted by Gasteiger charge is 2.16. The fourth-order valence-electron chi connectivity index (χ4n) is 2.07. The van der Waals surface area contributed by atoms with Gasteiger partial charge >= 0.3 is 0 Å². The molecule has 0 aliphatic carbocycles. The molecule has 4 nitrogen and oxygen atoms in total. The number of para-hydroxylation sites is 1. The Bertz CT molecular complexity index is 767. The minimum atomic E-state index is 0.470. The molecule has 0 atom stereocenters. The zero-order chi connectivity index (χ0) is 14.1. The highest BCUT2D eigenvalue weighted by molar-refractivity contribution is 6.31. The molecular weight excluding hydrogens is 278 g/mol. The topological polar surface area (TPSA) is 44.5 Å². The van der Waals surface area contributed by atoms with Crippen molar-refractivity contribution in [2.45, 2.75) is 0 Å². The Balaban J connectivity index is 2.20. The van der Waals surface area contributed by atoms with E-state index in [0.29, 0.717) is 33.5 Å². The first-order valence-electron chi connectivity index (χ1n) is 6.00. The highest BCUT2D eigenvalue weighted by atomic mass is 35.5. The van der Waals surface area contributed by atoms with Crippen molar-refractivity contribution in [3.8, 4) is 23.0 Å². The minimum Gasteiger partial charge on any atom is -0.493 e. The minimum absolute atomic E-state index is 0.470. The van der Waals surface area contributed by atoms with E-state index in [4.69, 9.17) is 25.5 Å². The van der Waals surface area contributed by atoms with E-state index in [1.54, 1.807) is 32.4 Å². The van der Waals surface area contributed by atoms with Crippen molar-refractivity contribution in [2.75, 3.05) is 14.2 Å². The van der Waals surface area contributed by atoms with Gasteiger partial charge in [0, 0.05) is 5.02 Å². The van der Waals surface area contributed by atoms with Gasteiger partial charge in [-0.3, -0.25) is 0 Å². The lowest BCUT2D eigenvalue weighted by Crippen LogP contribution is -1.93. The molecular formula is C15H12ClNO3. The third-order valence-electron chi connectivity index (χ3n) is 2.98. The number of aromatic nitrogens is 1. The fourth-order valence-corrected chi connectivity index (χ4v) is 2.24. The third-order valence-corrected chi connectivity index (χ3v) is 3.22. The number of fused-ring (bicyclic) bond motifs is 1. The first-order valence-corrected chi connectivity index (χ1v) is 6.38. The number of rotatable bonds is 3. The van der Waals surface area contributed by atoms with Crippen LogP contribution in [0.15, 0.2) is 40.8 Å². The van der Waals surface area contributed by atoms with E-state index in [1.807, 2.05) is 18.2 Å². The van der Waals surface area contributed by atoms with E-state index in [-0.39, 0.29) is 0 Å². The Morgan fingerprint density at radius 1 is 1.10 bits per heavy atom. The maximum absolute atomic E-state index is 5.95. The number of hydrogen-bond donors (Lipinski definition) is 0. The Morgan fingerprint density at radius 2 is 1.95 bits per heavy atom. The third kappa shape index (κ3) is 2.08. The largest absolute Gasteiger partial charge is 0.493 e. The number of oxazole rings is 1. The molecule has 0 radical (unpaired) electrons. The predicted octanol–water partition coefficient (Wildman–Crippen LogP) is 4.17. The van der Waals surface area contributed by atoms with Crippen LogP contribution < -0.4 is 9.47 Å². The van der Waals surface area contributed by atoms with Crippen LogP contribution >= 0.6 is 11.6 Å². The second kappa shape index (κ2) is 5.06. The average molecular weight is 290 g/mol. The number of methoxy groups -OCH3 is 2. The van der Waals surface area contributed by atoms with Gasteiger partial charge in [-0.15, -0.1) is 0 Å². The molecule has 0 saturated heterocycles. The summed E-state index contributed by atoms with van der Waals surface area (Å²) in [7, 11) is 3.17. The summed E-state index contributed by atoms with van der Waals surface area (Å²) < 4.78 is 16.4. The van der Waals surface area contributed by atoms with E-state index in [0.717, 1.165) is 5.56 Å². The van der Waals surface area contributed by atoms with Crippen molar-refractivity contribution in [3.63, 3.8) is 0 Å². The predicted molar refractivity (Wildman–Crippen MR) is 77.6 cm³/mol. The van der Waals surface area contributed by atoms with Gasteiger partial charge in [0.2, 0.25) is 5.89 Å². The standard InChI is InChI=1S/C15H12ClNO3/c1-18-13-5-3-4-10(14(13)19-2)15-17-11-8-9(16)6-7-12(11)20-15/h3-8H,1-2H3. The summed E-state index contributed by atoms with van der Waals surface area (Å²) in [5, 5.41) is 0.620. The molecule has 0 N–H and O–H groups in total. The summed E-state index contributed by atoms with van der Waals surface area (Å²) in [5.74, 6) is 1.69. The van der Waals surface area contributed by atoms with Crippen LogP contribution in [0, 0.1) is 0 Å². The van der Waals surface area contributed by atoms with Gasteiger partial charge in [0.25, 0.3) is 0 Å². The first-order chi connectivity index (χ1) is 9.72. The van der Waals surface area contributed by atoms with E-state index < -0.39 is 0 Å². The number of halogens is 1. The lowest BCUT2D eigenvalue weighted by atomic mass is 10.2. The molecule has 5 heteroatoms. The monoisotopic (exact) mass is 289 g/mol. The van der Waals surface area contributed by atoms with Crippen molar-refractivity contribution in [2.24, 2.45) is 0 Å². The maximum Gasteiger partial charge on any atom is 0.231 e. The molecule has 1 aromatic heterocycles. The van der Waals surface area contributed by atoms with E-state index in [9.17, 15) is 0 Å². The van der Waals surface area contributed by atoms with E-state index >= 15 is 0 Å². The Kier molecular flexibility index (Phi) is 3.24. The number of nitrogens with zero attached hydrogens (tertiary/aromatic N) is 1. The Hall–Kier alpha value is -2.20. The molecule has 0 amide bonds. The van der Waals surface area contributed by atoms with Crippen LogP contribution in [-0.4, -0.2) is 19.2 Å². The fraction of sp³-hybridized carbons (Fsp3) is 0.133. The van der Waals surface area contributed by atoms with Gasteiger partial charge in [-0.25, -0.2) is 4.98 Å². The van der Waals surface area contributed by atoms with E-state index in [2.05, 4.69) is 4.98 Å². The molecule has 102 valence electrons. The molecule has 2 aromatic carbocycles. The van der Waals surface area contributed by atoms with Crippen LogP contribution in [0.4, 0.5) is 0 Å². The van der Waals surface area contributed by atoms with Gasteiger partial charge in [0.1, 0.15) is 5.52 Å². The summed E-state index contributed by atoms with van der Waals surface area (Å²) >= 11 is 5.95. The Morgan fingerprint density at radius 3 is 2.70 bits per heavy atom. The number of benzene rings is 2. The van der Waals surface area contributed by atoms with E-state index in [1.165, 1.54) is 0 Å². The molecule has 1 heterocycles. The summed E-state index contributed by atoms with van der Waals surface area (Å²) in [4.78, 5) is 4.44. The molecule has 0 saturated carbocycles. The van der Waals surface area contributed by atoms with Crippen LogP contribution in [0.2, 0.25) is 5.02 Å². The molecule has 0 aliphatic rings.